The van der Waals surface area contributed by atoms with E-state index in [9.17, 15) is 9.59 Å². The summed E-state index contributed by atoms with van der Waals surface area (Å²) in [4.78, 5) is 27.1. The van der Waals surface area contributed by atoms with Gasteiger partial charge in [0, 0.05) is 25.6 Å². The lowest BCUT2D eigenvalue weighted by Crippen LogP contribution is -2.43. The van der Waals surface area contributed by atoms with Crippen molar-refractivity contribution < 1.29 is 23.8 Å². The predicted octanol–water partition coefficient (Wildman–Crippen LogP) is 2.81. The van der Waals surface area contributed by atoms with Crippen molar-refractivity contribution >= 4 is 11.8 Å². The minimum absolute atomic E-state index is 0.0254. The van der Waals surface area contributed by atoms with Gasteiger partial charge in [-0.05, 0) is 36.1 Å². The van der Waals surface area contributed by atoms with Gasteiger partial charge >= 0.3 is 0 Å². The fraction of sp³-hybridized carbons (Fsp3) is 0.417. The highest BCUT2D eigenvalue weighted by Crippen LogP contribution is 2.38. The molecule has 0 saturated carbocycles. The Morgan fingerprint density at radius 2 is 1.55 bits per heavy atom. The zero-order valence-electron chi connectivity index (χ0n) is 18.3. The third-order valence-corrected chi connectivity index (χ3v) is 5.61. The van der Waals surface area contributed by atoms with E-state index in [-0.39, 0.29) is 24.2 Å². The second kappa shape index (κ2) is 10.7. The van der Waals surface area contributed by atoms with E-state index in [2.05, 4.69) is 5.32 Å². The molecule has 1 aliphatic rings. The fourth-order valence-electron chi connectivity index (χ4n) is 3.84. The summed E-state index contributed by atoms with van der Waals surface area (Å²) >= 11 is 0. The highest BCUT2D eigenvalue weighted by Gasteiger charge is 2.27. The van der Waals surface area contributed by atoms with Crippen LogP contribution in [0.1, 0.15) is 24.0 Å². The second-order valence-electron chi connectivity index (χ2n) is 7.57. The minimum Gasteiger partial charge on any atom is -0.493 e. The average molecular weight is 427 g/mol. The van der Waals surface area contributed by atoms with E-state index in [4.69, 9.17) is 14.2 Å². The zero-order valence-corrected chi connectivity index (χ0v) is 18.3. The predicted molar refractivity (Wildman–Crippen MR) is 117 cm³/mol. The van der Waals surface area contributed by atoms with Gasteiger partial charge in [-0.3, -0.25) is 9.59 Å². The molecule has 2 aromatic carbocycles. The third-order valence-electron chi connectivity index (χ3n) is 5.61. The van der Waals surface area contributed by atoms with Crippen molar-refractivity contribution in [2.24, 2.45) is 5.92 Å². The van der Waals surface area contributed by atoms with E-state index >= 15 is 0 Å². The van der Waals surface area contributed by atoms with Crippen LogP contribution in [0.4, 0.5) is 0 Å². The molecule has 0 spiro atoms. The number of likely N-dealkylation sites (tertiary alicyclic amines) is 1. The van der Waals surface area contributed by atoms with Crippen LogP contribution in [0, 0.1) is 5.92 Å². The second-order valence-corrected chi connectivity index (χ2v) is 7.57. The van der Waals surface area contributed by atoms with Gasteiger partial charge < -0.3 is 24.4 Å². The maximum atomic E-state index is 12.8. The number of methoxy groups -OCH3 is 3. The molecule has 0 unspecified atom stereocenters. The van der Waals surface area contributed by atoms with Crippen LogP contribution in [-0.2, 0) is 22.6 Å². The van der Waals surface area contributed by atoms with E-state index in [1.165, 1.54) is 0 Å². The Bertz CT molecular complexity index is 867. The van der Waals surface area contributed by atoms with Gasteiger partial charge in [0.2, 0.25) is 17.6 Å². The molecule has 1 fully saturated rings. The number of ether oxygens (including phenoxy) is 3. The van der Waals surface area contributed by atoms with E-state index in [1.54, 1.807) is 33.5 Å². The molecule has 1 aliphatic heterocycles. The number of piperidine rings is 1. The van der Waals surface area contributed by atoms with Crippen LogP contribution >= 0.6 is 0 Å². The molecule has 7 nitrogen and oxygen atoms in total. The lowest BCUT2D eigenvalue weighted by molar-refractivity contribution is -0.135. The standard InChI is InChI=1S/C24H30N2O5/c1-29-20-13-18(14-21(30-2)23(20)31-3)15-22(27)26-11-9-19(10-12-26)24(28)25-16-17-7-5-4-6-8-17/h4-8,13-14,19H,9-12,15-16H2,1-3H3,(H,25,28). The molecule has 31 heavy (non-hydrogen) atoms. The Morgan fingerprint density at radius 3 is 2.10 bits per heavy atom. The first-order valence-electron chi connectivity index (χ1n) is 10.4. The van der Waals surface area contributed by atoms with Crippen molar-refractivity contribution in [3.05, 3.63) is 53.6 Å². The molecule has 1 heterocycles. The first-order chi connectivity index (χ1) is 15.0. The topological polar surface area (TPSA) is 77.1 Å². The highest BCUT2D eigenvalue weighted by molar-refractivity contribution is 5.81. The Kier molecular flexibility index (Phi) is 7.76. The SMILES string of the molecule is COc1cc(CC(=O)N2CCC(C(=O)NCc3ccccc3)CC2)cc(OC)c1OC. The van der Waals surface area contributed by atoms with Crippen molar-refractivity contribution in [3.8, 4) is 17.2 Å². The molecule has 0 bridgehead atoms. The van der Waals surface area contributed by atoms with Crippen LogP contribution < -0.4 is 19.5 Å². The van der Waals surface area contributed by atoms with Gasteiger partial charge in [0.1, 0.15) is 0 Å². The van der Waals surface area contributed by atoms with Crippen LogP contribution in [0.5, 0.6) is 17.2 Å². The Hall–Kier alpha value is -3.22. The van der Waals surface area contributed by atoms with Gasteiger partial charge in [0.15, 0.2) is 11.5 Å². The molecule has 1 N–H and O–H groups in total. The van der Waals surface area contributed by atoms with Crippen LogP contribution in [0.2, 0.25) is 0 Å². The molecule has 3 rings (SSSR count). The van der Waals surface area contributed by atoms with Crippen LogP contribution in [0.3, 0.4) is 0 Å². The monoisotopic (exact) mass is 426 g/mol. The van der Waals surface area contributed by atoms with E-state index < -0.39 is 0 Å². The van der Waals surface area contributed by atoms with Gasteiger partial charge in [-0.1, -0.05) is 30.3 Å². The Labute approximate surface area is 183 Å². The van der Waals surface area contributed by atoms with Crippen LogP contribution in [0.15, 0.2) is 42.5 Å². The summed E-state index contributed by atoms with van der Waals surface area (Å²) in [7, 11) is 4.65. The molecule has 0 aliphatic carbocycles. The van der Waals surface area contributed by atoms with E-state index in [0.29, 0.717) is 49.7 Å². The Morgan fingerprint density at radius 1 is 0.935 bits per heavy atom. The minimum atomic E-state index is -0.0612. The summed E-state index contributed by atoms with van der Waals surface area (Å²) in [5.74, 6) is 1.58. The van der Waals surface area contributed by atoms with Gasteiger partial charge in [0.25, 0.3) is 0 Å². The summed E-state index contributed by atoms with van der Waals surface area (Å²) in [6.45, 7) is 1.68. The average Bonchev–Trinajstić information content (AvgIpc) is 2.82. The number of carbonyl (C=O) groups excluding carboxylic acids is 2. The number of benzene rings is 2. The van der Waals surface area contributed by atoms with E-state index in [1.807, 2.05) is 35.2 Å². The molecule has 0 radical (unpaired) electrons. The van der Waals surface area contributed by atoms with Gasteiger partial charge in [-0.25, -0.2) is 0 Å². The lowest BCUT2D eigenvalue weighted by atomic mass is 9.95. The number of nitrogens with one attached hydrogen (secondary N) is 1. The summed E-state index contributed by atoms with van der Waals surface area (Å²) in [6, 6.07) is 13.4. The van der Waals surface area contributed by atoms with Gasteiger partial charge in [-0.15, -0.1) is 0 Å². The van der Waals surface area contributed by atoms with Gasteiger partial charge in [-0.2, -0.15) is 0 Å². The van der Waals surface area contributed by atoms with Crippen molar-refractivity contribution in [3.63, 3.8) is 0 Å². The number of amides is 2. The maximum absolute atomic E-state index is 12.8. The molecule has 166 valence electrons. The molecular formula is C24H30N2O5. The quantitative estimate of drug-likeness (QED) is 0.702. The number of nitrogens with zero attached hydrogens (tertiary/aromatic N) is 1. The zero-order chi connectivity index (χ0) is 22.2. The van der Waals surface area contributed by atoms with E-state index in [0.717, 1.165) is 11.1 Å². The van der Waals surface area contributed by atoms with Crippen molar-refractivity contribution in [2.45, 2.75) is 25.8 Å². The number of carbonyl (C=O) groups is 2. The summed E-state index contributed by atoms with van der Waals surface area (Å²) in [6.07, 6.45) is 1.57. The summed E-state index contributed by atoms with van der Waals surface area (Å²) in [5.41, 5.74) is 1.87. The smallest absolute Gasteiger partial charge is 0.226 e. The molecular weight excluding hydrogens is 396 g/mol. The normalized spacial score (nSPS) is 14.1. The van der Waals surface area contributed by atoms with Gasteiger partial charge in [0.05, 0.1) is 27.8 Å². The summed E-state index contributed by atoms with van der Waals surface area (Å²) < 4.78 is 16.1. The van der Waals surface area contributed by atoms with Crippen LogP contribution in [0.25, 0.3) is 0 Å². The van der Waals surface area contributed by atoms with Crippen molar-refractivity contribution in [1.82, 2.24) is 10.2 Å². The number of hydrogen-bond acceptors (Lipinski definition) is 5. The molecule has 0 aromatic heterocycles. The largest absolute Gasteiger partial charge is 0.493 e. The van der Waals surface area contributed by atoms with Crippen molar-refractivity contribution in [2.75, 3.05) is 34.4 Å². The lowest BCUT2D eigenvalue weighted by Gasteiger charge is -2.31. The van der Waals surface area contributed by atoms with Crippen LogP contribution in [-0.4, -0.2) is 51.1 Å². The molecule has 2 amide bonds. The molecule has 1 saturated heterocycles. The summed E-state index contributed by atoms with van der Waals surface area (Å²) in [5, 5.41) is 3.01. The molecule has 7 heteroatoms. The maximum Gasteiger partial charge on any atom is 0.226 e. The number of rotatable bonds is 8. The first kappa shape index (κ1) is 22.5. The molecule has 2 aromatic rings. The Balaban J connectivity index is 1.53. The number of hydrogen-bond donors (Lipinski definition) is 1. The molecule has 0 atom stereocenters. The third kappa shape index (κ3) is 5.69. The highest BCUT2D eigenvalue weighted by atomic mass is 16.5. The fourth-order valence-corrected chi connectivity index (χ4v) is 3.84. The first-order valence-corrected chi connectivity index (χ1v) is 10.4. The van der Waals surface area contributed by atoms with Crippen molar-refractivity contribution in [1.29, 1.82) is 0 Å².